The molecule has 3 aromatic rings. The molecular weight excluding hydrogens is 430 g/mol. The average Bonchev–Trinajstić information content (AvgIpc) is 2.81. The predicted molar refractivity (Wildman–Crippen MR) is 126 cm³/mol. The van der Waals surface area contributed by atoms with Gasteiger partial charge in [0, 0.05) is 36.0 Å². The van der Waals surface area contributed by atoms with Crippen LogP contribution in [0.25, 0.3) is 0 Å². The maximum atomic E-state index is 11.5. The monoisotopic (exact) mass is 451 g/mol. The van der Waals surface area contributed by atoms with E-state index in [-0.39, 0.29) is 11.3 Å². The van der Waals surface area contributed by atoms with E-state index in [9.17, 15) is 15.2 Å². The average molecular weight is 452 g/mol. The number of phenolic OH excluding ortho intramolecular Hbond substituents is 1. The van der Waals surface area contributed by atoms with Gasteiger partial charge in [0.1, 0.15) is 0 Å². The van der Waals surface area contributed by atoms with Crippen molar-refractivity contribution in [3.05, 3.63) is 92.5 Å². The summed E-state index contributed by atoms with van der Waals surface area (Å²) in [5.41, 5.74) is 3.08. The van der Waals surface area contributed by atoms with Gasteiger partial charge in [-0.2, -0.15) is 0 Å². The van der Waals surface area contributed by atoms with E-state index in [1.807, 2.05) is 42.5 Å². The van der Waals surface area contributed by atoms with Crippen LogP contribution in [0.3, 0.4) is 0 Å². The molecule has 8 heteroatoms. The number of nitro benzene ring substituents is 1. The standard InChI is InChI=1S/C24H22ClN3O4/c25-20-6-2-1-5-18(20)13-17-14-19(24(29)23(15-17)28(30)31)16-26-21-7-3-4-8-22(21)27-9-11-32-12-10-27/h1-8,14-16,29H,9-13H2. The van der Waals surface area contributed by atoms with Crippen LogP contribution in [0.5, 0.6) is 5.75 Å². The van der Waals surface area contributed by atoms with Gasteiger partial charge in [0.2, 0.25) is 5.75 Å². The van der Waals surface area contributed by atoms with Crippen LogP contribution in [0.1, 0.15) is 16.7 Å². The molecule has 164 valence electrons. The Morgan fingerprint density at radius 2 is 1.84 bits per heavy atom. The van der Waals surface area contributed by atoms with Gasteiger partial charge in [-0.3, -0.25) is 15.1 Å². The molecule has 3 aromatic carbocycles. The van der Waals surface area contributed by atoms with E-state index in [1.54, 1.807) is 12.1 Å². The second kappa shape index (κ2) is 9.80. The molecule has 0 aliphatic carbocycles. The fourth-order valence-electron chi connectivity index (χ4n) is 3.69. The van der Waals surface area contributed by atoms with Crippen LogP contribution in [-0.4, -0.2) is 42.5 Å². The smallest absolute Gasteiger partial charge is 0.311 e. The minimum atomic E-state index is -0.593. The molecule has 1 N–H and O–H groups in total. The number of aromatic hydroxyl groups is 1. The fraction of sp³-hybridized carbons (Fsp3) is 0.208. The van der Waals surface area contributed by atoms with E-state index in [1.165, 1.54) is 12.3 Å². The molecule has 1 fully saturated rings. The molecule has 0 amide bonds. The summed E-state index contributed by atoms with van der Waals surface area (Å²) < 4.78 is 5.43. The Kier molecular flexibility index (Phi) is 6.68. The number of benzene rings is 3. The van der Waals surface area contributed by atoms with Crippen molar-refractivity contribution in [2.75, 3.05) is 31.2 Å². The third kappa shape index (κ3) is 4.90. The largest absolute Gasteiger partial charge is 0.502 e. The quantitative estimate of drug-likeness (QED) is 0.319. The number of anilines is 1. The summed E-state index contributed by atoms with van der Waals surface area (Å²) in [5, 5.41) is 22.6. The van der Waals surface area contributed by atoms with E-state index < -0.39 is 10.7 Å². The molecule has 4 rings (SSSR count). The van der Waals surface area contributed by atoms with Crippen LogP contribution in [-0.2, 0) is 11.2 Å². The molecule has 32 heavy (non-hydrogen) atoms. The third-order valence-corrected chi connectivity index (χ3v) is 5.67. The molecule has 1 heterocycles. The summed E-state index contributed by atoms with van der Waals surface area (Å²) in [7, 11) is 0. The van der Waals surface area contributed by atoms with Gasteiger partial charge in [-0.05, 0) is 41.8 Å². The highest BCUT2D eigenvalue weighted by molar-refractivity contribution is 6.31. The number of hydrogen-bond donors (Lipinski definition) is 1. The number of aliphatic imine (C=N–C) groups is 1. The second-order valence-corrected chi connectivity index (χ2v) is 7.83. The molecular formula is C24H22ClN3O4. The minimum Gasteiger partial charge on any atom is -0.502 e. The zero-order valence-electron chi connectivity index (χ0n) is 17.3. The lowest BCUT2D eigenvalue weighted by Gasteiger charge is -2.29. The topological polar surface area (TPSA) is 88.2 Å². The highest BCUT2D eigenvalue weighted by Crippen LogP contribution is 2.34. The number of phenols is 1. The van der Waals surface area contributed by atoms with E-state index in [0.29, 0.717) is 35.9 Å². The van der Waals surface area contributed by atoms with Gasteiger partial charge in [0.15, 0.2) is 0 Å². The van der Waals surface area contributed by atoms with E-state index >= 15 is 0 Å². The Labute approximate surface area is 190 Å². The Morgan fingerprint density at radius 1 is 1.12 bits per heavy atom. The Bertz CT molecular complexity index is 1160. The van der Waals surface area contributed by atoms with E-state index in [4.69, 9.17) is 16.3 Å². The first kappa shape index (κ1) is 21.8. The lowest BCUT2D eigenvalue weighted by molar-refractivity contribution is -0.385. The van der Waals surface area contributed by atoms with E-state index in [2.05, 4.69) is 9.89 Å². The van der Waals surface area contributed by atoms with Crippen molar-refractivity contribution in [1.29, 1.82) is 0 Å². The maximum Gasteiger partial charge on any atom is 0.311 e. The Hall–Kier alpha value is -3.42. The molecule has 0 spiro atoms. The van der Waals surface area contributed by atoms with Crippen molar-refractivity contribution in [3.63, 3.8) is 0 Å². The zero-order chi connectivity index (χ0) is 22.5. The van der Waals surface area contributed by atoms with Crippen LogP contribution in [0.2, 0.25) is 5.02 Å². The minimum absolute atomic E-state index is 0.276. The van der Waals surface area contributed by atoms with Crippen molar-refractivity contribution in [3.8, 4) is 5.75 Å². The van der Waals surface area contributed by atoms with Crippen LogP contribution >= 0.6 is 11.6 Å². The Balaban J connectivity index is 1.69. The fourth-order valence-corrected chi connectivity index (χ4v) is 3.89. The first-order valence-electron chi connectivity index (χ1n) is 10.2. The summed E-state index contributed by atoms with van der Waals surface area (Å²) in [6, 6.07) is 18.1. The van der Waals surface area contributed by atoms with Gasteiger partial charge in [-0.25, -0.2) is 0 Å². The van der Waals surface area contributed by atoms with Gasteiger partial charge >= 0.3 is 5.69 Å². The van der Waals surface area contributed by atoms with Gasteiger partial charge in [-0.1, -0.05) is 41.9 Å². The van der Waals surface area contributed by atoms with Gasteiger partial charge in [-0.15, -0.1) is 0 Å². The maximum absolute atomic E-state index is 11.5. The van der Waals surface area contributed by atoms with Crippen LogP contribution in [0, 0.1) is 10.1 Å². The number of morpholine rings is 1. The van der Waals surface area contributed by atoms with Gasteiger partial charge < -0.3 is 14.7 Å². The van der Waals surface area contributed by atoms with Gasteiger partial charge in [0.05, 0.1) is 29.5 Å². The van der Waals surface area contributed by atoms with Crippen molar-refractivity contribution in [2.45, 2.75) is 6.42 Å². The molecule has 1 aliphatic rings. The molecule has 1 aliphatic heterocycles. The van der Waals surface area contributed by atoms with Crippen LogP contribution < -0.4 is 4.90 Å². The van der Waals surface area contributed by atoms with Crippen LogP contribution in [0.4, 0.5) is 17.1 Å². The molecule has 0 radical (unpaired) electrons. The second-order valence-electron chi connectivity index (χ2n) is 7.42. The van der Waals surface area contributed by atoms with Crippen molar-refractivity contribution >= 4 is 34.9 Å². The molecule has 0 aromatic heterocycles. The van der Waals surface area contributed by atoms with Crippen molar-refractivity contribution in [2.24, 2.45) is 4.99 Å². The number of ether oxygens (including phenoxy) is 1. The SMILES string of the molecule is O=[N+]([O-])c1cc(Cc2ccccc2Cl)cc(C=Nc2ccccc2N2CCOCC2)c1O. The highest BCUT2D eigenvalue weighted by atomic mass is 35.5. The number of para-hydroxylation sites is 2. The zero-order valence-corrected chi connectivity index (χ0v) is 18.0. The first-order valence-corrected chi connectivity index (χ1v) is 10.6. The number of halogens is 1. The molecule has 0 unspecified atom stereocenters. The summed E-state index contributed by atoms with van der Waals surface area (Å²) >= 11 is 6.26. The number of nitrogens with zero attached hydrogens (tertiary/aromatic N) is 3. The normalized spacial score (nSPS) is 14.1. The number of hydrogen-bond acceptors (Lipinski definition) is 6. The lowest BCUT2D eigenvalue weighted by atomic mass is 10.0. The Morgan fingerprint density at radius 3 is 2.59 bits per heavy atom. The van der Waals surface area contributed by atoms with Crippen molar-refractivity contribution < 1.29 is 14.8 Å². The summed E-state index contributed by atoms with van der Waals surface area (Å²) in [5.74, 6) is -0.412. The molecule has 7 nitrogen and oxygen atoms in total. The van der Waals surface area contributed by atoms with Crippen LogP contribution in [0.15, 0.2) is 65.7 Å². The number of nitro groups is 1. The highest BCUT2D eigenvalue weighted by Gasteiger charge is 2.19. The molecule has 0 saturated carbocycles. The molecule has 0 bridgehead atoms. The van der Waals surface area contributed by atoms with Crippen molar-refractivity contribution in [1.82, 2.24) is 0 Å². The third-order valence-electron chi connectivity index (χ3n) is 5.30. The lowest BCUT2D eigenvalue weighted by Crippen LogP contribution is -2.36. The summed E-state index contributed by atoms with van der Waals surface area (Å²) in [6.07, 6.45) is 1.86. The first-order chi connectivity index (χ1) is 15.5. The molecule has 0 atom stereocenters. The summed E-state index contributed by atoms with van der Waals surface area (Å²) in [4.78, 5) is 17.7. The molecule has 1 saturated heterocycles. The van der Waals surface area contributed by atoms with Gasteiger partial charge in [0.25, 0.3) is 0 Å². The number of rotatable bonds is 6. The van der Waals surface area contributed by atoms with E-state index in [0.717, 1.165) is 24.3 Å². The predicted octanol–water partition coefficient (Wildman–Crippen LogP) is 5.13. The summed E-state index contributed by atoms with van der Waals surface area (Å²) in [6.45, 7) is 2.82.